The fourth-order valence-electron chi connectivity index (χ4n) is 2.52. The molecule has 22 heavy (non-hydrogen) atoms. The van der Waals surface area contributed by atoms with Crippen molar-refractivity contribution in [2.75, 3.05) is 18.4 Å². The fraction of sp³-hybridized carbons (Fsp3) is 0.400. The van der Waals surface area contributed by atoms with Gasteiger partial charge in [0.15, 0.2) is 5.82 Å². The largest absolute Gasteiger partial charge is 0.375 e. The Morgan fingerprint density at radius 2 is 2.18 bits per heavy atom. The molecule has 0 aliphatic carbocycles. The molecule has 0 unspecified atom stereocenters. The number of aryl methyl sites for hydroxylation is 1. The first-order valence-electron chi connectivity index (χ1n) is 7.25. The van der Waals surface area contributed by atoms with E-state index in [-0.39, 0.29) is 5.91 Å². The van der Waals surface area contributed by atoms with Gasteiger partial charge in [0.05, 0.1) is 12.1 Å². The highest BCUT2D eigenvalue weighted by Gasteiger charge is 2.22. The summed E-state index contributed by atoms with van der Waals surface area (Å²) in [7, 11) is 0. The van der Waals surface area contributed by atoms with Gasteiger partial charge in [-0.15, -0.1) is 0 Å². The summed E-state index contributed by atoms with van der Waals surface area (Å²) in [6, 6.07) is 5.25. The fourth-order valence-corrected chi connectivity index (χ4v) is 2.69. The molecule has 2 heterocycles. The second kappa shape index (κ2) is 6.36. The van der Waals surface area contributed by atoms with Crippen LogP contribution in [0.5, 0.6) is 0 Å². The van der Waals surface area contributed by atoms with Gasteiger partial charge in [-0.3, -0.25) is 4.79 Å². The van der Waals surface area contributed by atoms with E-state index in [0.29, 0.717) is 28.8 Å². The standard InChI is InChI=1S/C15H17ClN4O2/c1-10-18-14(22-19-10)9-17-13-5-4-11(16)8-12(13)15(21)20-6-2-3-7-20/h4-5,8,17H,2-3,6-7,9H2,1H3. The van der Waals surface area contributed by atoms with Gasteiger partial charge in [0.2, 0.25) is 5.89 Å². The van der Waals surface area contributed by atoms with Crippen molar-refractivity contribution in [3.05, 3.63) is 40.5 Å². The number of nitrogens with zero attached hydrogens (tertiary/aromatic N) is 3. The molecule has 6 nitrogen and oxygen atoms in total. The van der Waals surface area contributed by atoms with E-state index in [1.165, 1.54) is 0 Å². The number of amides is 1. The van der Waals surface area contributed by atoms with Crippen LogP contribution in [0.2, 0.25) is 5.02 Å². The molecular weight excluding hydrogens is 304 g/mol. The van der Waals surface area contributed by atoms with Gasteiger partial charge >= 0.3 is 0 Å². The molecule has 1 fully saturated rings. The van der Waals surface area contributed by atoms with Crippen molar-refractivity contribution < 1.29 is 9.32 Å². The first-order chi connectivity index (χ1) is 10.6. The number of carbonyl (C=O) groups excluding carboxylic acids is 1. The quantitative estimate of drug-likeness (QED) is 0.938. The third-order valence-electron chi connectivity index (χ3n) is 3.60. The summed E-state index contributed by atoms with van der Waals surface area (Å²) in [5.41, 5.74) is 1.29. The molecule has 7 heteroatoms. The van der Waals surface area contributed by atoms with Crippen LogP contribution in [-0.4, -0.2) is 34.0 Å². The predicted molar refractivity (Wildman–Crippen MR) is 83.0 cm³/mol. The van der Waals surface area contributed by atoms with Crippen molar-refractivity contribution in [1.29, 1.82) is 0 Å². The first kappa shape index (κ1) is 14.8. The van der Waals surface area contributed by atoms with Crippen molar-refractivity contribution in [3.63, 3.8) is 0 Å². The summed E-state index contributed by atoms with van der Waals surface area (Å²) in [5.74, 6) is 1.07. The highest BCUT2D eigenvalue weighted by molar-refractivity contribution is 6.31. The molecule has 116 valence electrons. The lowest BCUT2D eigenvalue weighted by Crippen LogP contribution is -2.28. The number of hydrogen-bond acceptors (Lipinski definition) is 5. The molecule has 0 radical (unpaired) electrons. The highest BCUT2D eigenvalue weighted by Crippen LogP contribution is 2.24. The van der Waals surface area contributed by atoms with Crippen LogP contribution in [0.15, 0.2) is 22.7 Å². The van der Waals surface area contributed by atoms with Gasteiger partial charge in [-0.25, -0.2) is 0 Å². The smallest absolute Gasteiger partial charge is 0.256 e. The van der Waals surface area contributed by atoms with Crippen LogP contribution in [0.4, 0.5) is 5.69 Å². The van der Waals surface area contributed by atoms with E-state index in [1.807, 2.05) is 4.90 Å². The molecule has 3 rings (SSSR count). The van der Waals surface area contributed by atoms with E-state index in [2.05, 4.69) is 15.5 Å². The maximum Gasteiger partial charge on any atom is 0.256 e. The molecule has 1 aromatic heterocycles. The number of halogens is 1. The summed E-state index contributed by atoms with van der Waals surface area (Å²) in [4.78, 5) is 18.6. The normalized spacial score (nSPS) is 14.4. The lowest BCUT2D eigenvalue weighted by atomic mass is 10.1. The van der Waals surface area contributed by atoms with E-state index in [1.54, 1.807) is 25.1 Å². The van der Waals surface area contributed by atoms with Crippen molar-refractivity contribution >= 4 is 23.2 Å². The Balaban J connectivity index is 1.79. The van der Waals surface area contributed by atoms with Crippen molar-refractivity contribution in [2.45, 2.75) is 26.3 Å². The van der Waals surface area contributed by atoms with Crippen molar-refractivity contribution in [2.24, 2.45) is 0 Å². The minimum Gasteiger partial charge on any atom is -0.375 e. The maximum atomic E-state index is 12.6. The molecule has 1 aromatic carbocycles. The molecule has 0 atom stereocenters. The third-order valence-corrected chi connectivity index (χ3v) is 3.84. The second-order valence-corrected chi connectivity index (χ2v) is 5.71. The summed E-state index contributed by atoms with van der Waals surface area (Å²) >= 11 is 6.05. The van der Waals surface area contributed by atoms with E-state index in [9.17, 15) is 4.79 Å². The number of benzene rings is 1. The second-order valence-electron chi connectivity index (χ2n) is 5.28. The topological polar surface area (TPSA) is 71.3 Å². The molecule has 1 aliphatic heterocycles. The van der Waals surface area contributed by atoms with Crippen LogP contribution >= 0.6 is 11.6 Å². The van der Waals surface area contributed by atoms with Gasteiger partial charge in [-0.2, -0.15) is 4.98 Å². The van der Waals surface area contributed by atoms with Gasteiger partial charge in [-0.05, 0) is 38.0 Å². The van der Waals surface area contributed by atoms with Crippen molar-refractivity contribution in [1.82, 2.24) is 15.0 Å². The Labute approximate surface area is 133 Å². The molecule has 1 aliphatic rings. The summed E-state index contributed by atoms with van der Waals surface area (Å²) in [6.45, 7) is 3.72. The molecule has 1 saturated heterocycles. The van der Waals surface area contributed by atoms with E-state index < -0.39 is 0 Å². The van der Waals surface area contributed by atoms with E-state index >= 15 is 0 Å². The van der Waals surface area contributed by atoms with E-state index in [0.717, 1.165) is 31.6 Å². The Morgan fingerprint density at radius 3 is 2.86 bits per heavy atom. The predicted octanol–water partition coefficient (Wildman–Crippen LogP) is 2.88. The monoisotopic (exact) mass is 320 g/mol. The number of anilines is 1. The summed E-state index contributed by atoms with van der Waals surface area (Å²) < 4.78 is 5.06. The van der Waals surface area contributed by atoms with Crippen LogP contribution in [0.25, 0.3) is 0 Å². The minimum atomic E-state index is 0.00390. The lowest BCUT2D eigenvalue weighted by Gasteiger charge is -2.18. The summed E-state index contributed by atoms with van der Waals surface area (Å²) in [6.07, 6.45) is 2.10. The zero-order chi connectivity index (χ0) is 15.5. The number of hydrogen-bond donors (Lipinski definition) is 1. The van der Waals surface area contributed by atoms with Crippen molar-refractivity contribution in [3.8, 4) is 0 Å². The first-order valence-corrected chi connectivity index (χ1v) is 7.63. The van der Waals surface area contributed by atoms with Gasteiger partial charge in [0.25, 0.3) is 5.91 Å². The third kappa shape index (κ3) is 3.22. The maximum absolute atomic E-state index is 12.6. The average Bonchev–Trinajstić information content (AvgIpc) is 3.16. The molecular formula is C15H17ClN4O2. The molecule has 0 bridgehead atoms. The number of likely N-dealkylation sites (tertiary alicyclic amines) is 1. The van der Waals surface area contributed by atoms with Crippen LogP contribution in [0.3, 0.4) is 0 Å². The van der Waals surface area contributed by atoms with Crippen LogP contribution < -0.4 is 5.32 Å². The molecule has 0 spiro atoms. The lowest BCUT2D eigenvalue weighted by molar-refractivity contribution is 0.0793. The van der Waals surface area contributed by atoms with Crippen LogP contribution in [0, 0.1) is 6.92 Å². The zero-order valence-electron chi connectivity index (χ0n) is 12.3. The Morgan fingerprint density at radius 1 is 1.41 bits per heavy atom. The van der Waals surface area contributed by atoms with Crippen LogP contribution in [0.1, 0.15) is 34.9 Å². The molecule has 1 amide bonds. The van der Waals surface area contributed by atoms with E-state index in [4.69, 9.17) is 16.1 Å². The highest BCUT2D eigenvalue weighted by atomic mass is 35.5. The summed E-state index contributed by atoms with van der Waals surface area (Å²) in [5, 5.41) is 7.46. The van der Waals surface area contributed by atoms with Gasteiger partial charge < -0.3 is 14.7 Å². The van der Waals surface area contributed by atoms with Crippen LogP contribution in [-0.2, 0) is 6.54 Å². The Bertz CT molecular complexity index is 680. The van der Waals surface area contributed by atoms with Gasteiger partial charge in [-0.1, -0.05) is 16.8 Å². The molecule has 2 aromatic rings. The number of aromatic nitrogens is 2. The molecule has 0 saturated carbocycles. The Kier molecular flexibility index (Phi) is 4.29. The zero-order valence-corrected chi connectivity index (χ0v) is 13.1. The number of rotatable bonds is 4. The van der Waals surface area contributed by atoms with Gasteiger partial charge in [0, 0.05) is 23.8 Å². The number of carbonyl (C=O) groups is 1. The average molecular weight is 321 g/mol. The minimum absolute atomic E-state index is 0.00390. The number of nitrogens with one attached hydrogen (secondary N) is 1. The molecule has 1 N–H and O–H groups in total. The SMILES string of the molecule is Cc1noc(CNc2ccc(Cl)cc2C(=O)N2CCCC2)n1. The van der Waals surface area contributed by atoms with Gasteiger partial charge in [0.1, 0.15) is 0 Å². The Hall–Kier alpha value is -2.08.